The molecule has 2 aromatic heterocycles. The molecular weight excluding hydrogens is 360 g/mol. The van der Waals surface area contributed by atoms with Crippen LogP contribution >= 0.6 is 11.8 Å². The van der Waals surface area contributed by atoms with E-state index in [1.165, 1.54) is 11.8 Å². The van der Waals surface area contributed by atoms with Crippen molar-refractivity contribution in [2.75, 3.05) is 5.75 Å². The summed E-state index contributed by atoms with van der Waals surface area (Å²) in [5.41, 5.74) is 2.04. The monoisotopic (exact) mass is 384 g/mol. The average Bonchev–Trinajstić information content (AvgIpc) is 3.25. The minimum Gasteiger partial charge on any atom is -0.469 e. The van der Waals surface area contributed by atoms with Crippen molar-refractivity contribution in [2.24, 2.45) is 7.05 Å². The first kappa shape index (κ1) is 19.2. The first-order valence-electron chi connectivity index (χ1n) is 9.01. The van der Waals surface area contributed by atoms with Gasteiger partial charge in [-0.3, -0.25) is 4.79 Å². The van der Waals surface area contributed by atoms with Crippen molar-refractivity contribution in [1.82, 2.24) is 20.1 Å². The minimum atomic E-state index is -0.00801. The number of aromatic nitrogens is 3. The molecule has 0 aliphatic carbocycles. The third kappa shape index (κ3) is 4.60. The first-order chi connectivity index (χ1) is 13.1. The Balaban J connectivity index is 1.62. The Kier molecular flexibility index (Phi) is 6.34. The molecule has 3 aromatic rings. The number of carbonyl (C=O) groups is 1. The maximum atomic E-state index is 12.5. The van der Waals surface area contributed by atoms with Gasteiger partial charge in [-0.05, 0) is 25.0 Å². The van der Waals surface area contributed by atoms with E-state index in [1.54, 1.807) is 6.26 Å². The van der Waals surface area contributed by atoms with Crippen molar-refractivity contribution in [3.05, 3.63) is 54.0 Å². The number of amides is 1. The second-order valence-corrected chi connectivity index (χ2v) is 7.31. The molecule has 0 saturated carbocycles. The number of rotatable bonds is 8. The van der Waals surface area contributed by atoms with E-state index >= 15 is 0 Å². The van der Waals surface area contributed by atoms with E-state index in [1.807, 2.05) is 42.8 Å². The normalized spacial score (nSPS) is 12.1. The van der Waals surface area contributed by atoms with E-state index in [0.29, 0.717) is 10.9 Å². The third-order valence-electron chi connectivity index (χ3n) is 4.38. The van der Waals surface area contributed by atoms with Crippen molar-refractivity contribution in [1.29, 1.82) is 0 Å². The summed E-state index contributed by atoms with van der Waals surface area (Å²) in [4.78, 5) is 12.5. The molecule has 0 spiro atoms. The predicted molar refractivity (Wildman–Crippen MR) is 106 cm³/mol. The third-order valence-corrected chi connectivity index (χ3v) is 5.40. The van der Waals surface area contributed by atoms with Gasteiger partial charge < -0.3 is 14.3 Å². The first-order valence-corrected chi connectivity index (χ1v) is 9.99. The van der Waals surface area contributed by atoms with Crippen LogP contribution in [0, 0.1) is 6.92 Å². The van der Waals surface area contributed by atoms with Gasteiger partial charge in [0.15, 0.2) is 11.0 Å². The van der Waals surface area contributed by atoms with Crippen LogP contribution in [0.15, 0.2) is 52.2 Å². The summed E-state index contributed by atoms with van der Waals surface area (Å²) < 4.78 is 7.22. The van der Waals surface area contributed by atoms with Crippen LogP contribution in [0.1, 0.15) is 37.1 Å². The molecule has 142 valence electrons. The van der Waals surface area contributed by atoms with Gasteiger partial charge in [0.25, 0.3) is 0 Å². The van der Waals surface area contributed by atoms with Crippen molar-refractivity contribution >= 4 is 17.7 Å². The van der Waals surface area contributed by atoms with Gasteiger partial charge in [-0.25, -0.2) is 0 Å². The van der Waals surface area contributed by atoms with E-state index in [2.05, 4.69) is 34.6 Å². The van der Waals surface area contributed by atoms with Crippen LogP contribution in [-0.2, 0) is 11.8 Å². The zero-order valence-electron chi connectivity index (χ0n) is 15.8. The molecule has 0 radical (unpaired) electrons. The summed E-state index contributed by atoms with van der Waals surface area (Å²) >= 11 is 1.38. The molecule has 1 aromatic carbocycles. The van der Waals surface area contributed by atoms with Gasteiger partial charge in [0.2, 0.25) is 5.91 Å². The van der Waals surface area contributed by atoms with Crippen LogP contribution in [0.4, 0.5) is 0 Å². The SMILES string of the molecule is CCC[C@@H](NC(=O)CSc1nnc(-c2ccoc2C)n1C)c1ccccc1. The lowest BCUT2D eigenvalue weighted by molar-refractivity contribution is -0.119. The van der Waals surface area contributed by atoms with E-state index in [0.717, 1.165) is 35.6 Å². The number of hydrogen-bond donors (Lipinski definition) is 1. The highest BCUT2D eigenvalue weighted by Crippen LogP contribution is 2.26. The smallest absolute Gasteiger partial charge is 0.230 e. The van der Waals surface area contributed by atoms with Crippen LogP contribution in [-0.4, -0.2) is 26.4 Å². The molecule has 1 amide bonds. The fourth-order valence-electron chi connectivity index (χ4n) is 2.95. The molecule has 27 heavy (non-hydrogen) atoms. The summed E-state index contributed by atoms with van der Waals surface area (Å²) in [6.45, 7) is 4.01. The van der Waals surface area contributed by atoms with Crippen LogP contribution < -0.4 is 5.32 Å². The molecular formula is C20H24N4O2S. The quantitative estimate of drug-likeness (QED) is 0.591. The van der Waals surface area contributed by atoms with Crippen LogP contribution in [0.2, 0.25) is 0 Å². The van der Waals surface area contributed by atoms with E-state index < -0.39 is 0 Å². The van der Waals surface area contributed by atoms with Crippen molar-refractivity contribution in [3.63, 3.8) is 0 Å². The Morgan fingerprint density at radius 3 is 2.70 bits per heavy atom. The van der Waals surface area contributed by atoms with E-state index in [-0.39, 0.29) is 11.9 Å². The van der Waals surface area contributed by atoms with Gasteiger partial charge in [-0.15, -0.1) is 10.2 Å². The average molecular weight is 385 g/mol. The second-order valence-electron chi connectivity index (χ2n) is 6.36. The Labute approximate surface area is 163 Å². The Bertz CT molecular complexity index is 889. The van der Waals surface area contributed by atoms with Crippen LogP contribution in [0.25, 0.3) is 11.4 Å². The van der Waals surface area contributed by atoms with Gasteiger partial charge in [-0.2, -0.15) is 0 Å². The molecule has 1 atom stereocenters. The molecule has 0 aliphatic heterocycles. The number of furan rings is 1. The largest absolute Gasteiger partial charge is 0.469 e. The van der Waals surface area contributed by atoms with Crippen molar-refractivity contribution in [2.45, 2.75) is 37.9 Å². The number of hydrogen-bond acceptors (Lipinski definition) is 5. The number of nitrogens with one attached hydrogen (secondary N) is 1. The molecule has 0 aliphatic rings. The van der Waals surface area contributed by atoms with Gasteiger partial charge in [-0.1, -0.05) is 55.4 Å². The summed E-state index contributed by atoms with van der Waals surface area (Å²) in [7, 11) is 1.89. The molecule has 0 fully saturated rings. The Morgan fingerprint density at radius 1 is 1.26 bits per heavy atom. The lowest BCUT2D eigenvalue weighted by Gasteiger charge is -2.18. The molecule has 0 saturated heterocycles. The molecule has 2 heterocycles. The fraction of sp³-hybridized carbons (Fsp3) is 0.350. The lowest BCUT2D eigenvalue weighted by atomic mass is 10.0. The summed E-state index contributed by atoms with van der Waals surface area (Å²) in [6, 6.07) is 12.0. The Morgan fingerprint density at radius 2 is 2.04 bits per heavy atom. The topological polar surface area (TPSA) is 73.0 Å². The van der Waals surface area contributed by atoms with E-state index in [9.17, 15) is 4.79 Å². The van der Waals surface area contributed by atoms with E-state index in [4.69, 9.17) is 4.42 Å². The van der Waals surface area contributed by atoms with Gasteiger partial charge in [0, 0.05) is 7.05 Å². The van der Waals surface area contributed by atoms with Crippen LogP contribution in [0.5, 0.6) is 0 Å². The van der Waals surface area contributed by atoms with Gasteiger partial charge >= 0.3 is 0 Å². The molecule has 3 rings (SSSR count). The zero-order chi connectivity index (χ0) is 19.2. The minimum absolute atomic E-state index is 0.00801. The number of benzene rings is 1. The number of aryl methyl sites for hydroxylation is 1. The highest BCUT2D eigenvalue weighted by molar-refractivity contribution is 7.99. The highest BCUT2D eigenvalue weighted by Gasteiger charge is 2.17. The summed E-state index contributed by atoms with van der Waals surface area (Å²) in [6.07, 6.45) is 3.55. The summed E-state index contributed by atoms with van der Waals surface area (Å²) in [5, 5.41) is 12.3. The van der Waals surface area contributed by atoms with Gasteiger partial charge in [0.05, 0.1) is 23.6 Å². The predicted octanol–water partition coefficient (Wildman–Crippen LogP) is 4.13. The number of thioether (sulfide) groups is 1. The fourth-order valence-corrected chi connectivity index (χ4v) is 3.68. The maximum Gasteiger partial charge on any atom is 0.230 e. The molecule has 1 N–H and O–H groups in total. The second kappa shape index (κ2) is 8.90. The summed E-state index contributed by atoms with van der Waals surface area (Å²) in [5.74, 6) is 1.82. The molecule has 0 unspecified atom stereocenters. The zero-order valence-corrected chi connectivity index (χ0v) is 16.6. The number of carbonyl (C=O) groups excluding carboxylic acids is 1. The lowest BCUT2D eigenvalue weighted by Crippen LogP contribution is -2.30. The molecule has 0 bridgehead atoms. The highest BCUT2D eigenvalue weighted by atomic mass is 32.2. The Hall–Kier alpha value is -2.54. The van der Waals surface area contributed by atoms with Crippen molar-refractivity contribution in [3.8, 4) is 11.4 Å². The number of nitrogens with zero attached hydrogens (tertiary/aromatic N) is 3. The molecule has 7 heteroatoms. The van der Waals surface area contributed by atoms with Gasteiger partial charge in [0.1, 0.15) is 5.76 Å². The van der Waals surface area contributed by atoms with Crippen molar-refractivity contribution < 1.29 is 9.21 Å². The van der Waals surface area contributed by atoms with Crippen LogP contribution in [0.3, 0.4) is 0 Å². The molecule has 6 nitrogen and oxygen atoms in total. The maximum absolute atomic E-state index is 12.5. The standard InChI is InChI=1S/C20H24N4O2S/c1-4-8-17(15-9-6-5-7-10-15)21-18(25)13-27-20-23-22-19(24(20)3)16-11-12-26-14(16)2/h5-7,9-12,17H,4,8,13H2,1-3H3,(H,21,25)/t17-/m1/s1.